The lowest BCUT2D eigenvalue weighted by molar-refractivity contribution is -0.126. The number of benzene rings is 4. The fourth-order valence-electron chi connectivity index (χ4n) is 5.65. The third-order valence-electron chi connectivity index (χ3n) is 8.33. The maximum atomic E-state index is 13.3. The van der Waals surface area contributed by atoms with E-state index in [1.807, 2.05) is 24.3 Å². The fourth-order valence-corrected chi connectivity index (χ4v) is 5.65. The van der Waals surface area contributed by atoms with Gasteiger partial charge in [0.05, 0.1) is 30.9 Å². The molecule has 1 aromatic heterocycles. The third-order valence-corrected chi connectivity index (χ3v) is 8.33. The number of rotatable bonds is 15. The smallest absolute Gasteiger partial charge is 0.284 e. The molecule has 4 N–H and O–H groups in total. The van der Waals surface area contributed by atoms with Crippen LogP contribution in [0.2, 0.25) is 0 Å². The van der Waals surface area contributed by atoms with E-state index in [-0.39, 0.29) is 62.7 Å². The first-order chi connectivity index (χ1) is 25.1. The van der Waals surface area contributed by atoms with Gasteiger partial charge in [0.1, 0.15) is 6.54 Å². The largest absolute Gasteiger partial charge is 0.395 e. The van der Waals surface area contributed by atoms with Gasteiger partial charge in [-0.15, -0.1) is 0 Å². The molecule has 5 rings (SSSR count). The number of carbonyl (C=O) groups excluding carboxylic acids is 4. The second-order valence-corrected chi connectivity index (χ2v) is 12.2. The number of anilines is 3. The monoisotopic (exact) mass is 707 g/mol. The highest BCUT2D eigenvalue weighted by Crippen LogP contribution is 2.24. The predicted octanol–water partition coefficient (Wildman–Crippen LogP) is 4.34. The molecule has 1 heterocycles. The number of aromatic nitrogens is 1. The van der Waals surface area contributed by atoms with E-state index >= 15 is 0 Å². The predicted molar refractivity (Wildman–Crippen MR) is 196 cm³/mol. The van der Waals surface area contributed by atoms with Gasteiger partial charge >= 0.3 is 0 Å². The van der Waals surface area contributed by atoms with Gasteiger partial charge in [-0.25, -0.2) is 0 Å². The lowest BCUT2D eigenvalue weighted by Crippen LogP contribution is -2.36. The summed E-state index contributed by atoms with van der Waals surface area (Å²) < 4.78 is 1.74. The number of hydrogen-bond donors (Lipinski definition) is 4. The topological polar surface area (TPSA) is 165 Å². The normalized spacial score (nSPS) is 11.0. The molecule has 0 aliphatic rings. The zero-order chi connectivity index (χ0) is 37.2. The number of fused-ring (bicyclic) bond motifs is 1. The van der Waals surface area contributed by atoms with Crippen molar-refractivity contribution in [3.63, 3.8) is 0 Å². The SMILES string of the molecule is CC(C)C(=O)N(O)c1ccc(CC(=O)N(CCO)c2ccc(ONC(=O)c3cccc4c3ccn4CC(=O)N(CCO)c3ccccc3)cc2)cc1. The van der Waals surface area contributed by atoms with Crippen LogP contribution in [0.3, 0.4) is 0 Å². The van der Waals surface area contributed by atoms with Crippen LogP contribution in [0.15, 0.2) is 109 Å². The Kier molecular flexibility index (Phi) is 12.4. The van der Waals surface area contributed by atoms with Gasteiger partial charge < -0.3 is 29.4 Å². The first-order valence-corrected chi connectivity index (χ1v) is 16.8. The molecule has 0 saturated carbocycles. The minimum atomic E-state index is -0.508. The molecule has 0 saturated heterocycles. The van der Waals surface area contributed by atoms with Crippen molar-refractivity contribution in [3.05, 3.63) is 120 Å². The van der Waals surface area contributed by atoms with Crippen LogP contribution in [0, 0.1) is 5.92 Å². The summed E-state index contributed by atoms with van der Waals surface area (Å²) in [6.45, 7) is 3.08. The Labute approximate surface area is 300 Å². The molecule has 270 valence electrons. The van der Waals surface area contributed by atoms with Crippen molar-refractivity contribution in [2.45, 2.75) is 26.8 Å². The van der Waals surface area contributed by atoms with Crippen LogP contribution in [0.1, 0.15) is 29.8 Å². The number of nitrogens with one attached hydrogen (secondary N) is 1. The van der Waals surface area contributed by atoms with Crippen LogP contribution in [0.5, 0.6) is 5.75 Å². The molecule has 0 spiro atoms. The van der Waals surface area contributed by atoms with E-state index in [2.05, 4.69) is 5.48 Å². The number of amides is 4. The van der Waals surface area contributed by atoms with Crippen molar-refractivity contribution < 1.29 is 39.4 Å². The average molecular weight is 708 g/mol. The molecule has 52 heavy (non-hydrogen) atoms. The molecule has 0 fully saturated rings. The Morgan fingerprint density at radius 2 is 1.35 bits per heavy atom. The lowest BCUT2D eigenvalue weighted by Gasteiger charge is -2.22. The summed E-state index contributed by atoms with van der Waals surface area (Å²) >= 11 is 0. The van der Waals surface area contributed by atoms with Crippen LogP contribution >= 0.6 is 0 Å². The molecule has 0 atom stereocenters. The fraction of sp³-hybridized carbons (Fsp3) is 0.231. The molecule has 4 amide bonds. The van der Waals surface area contributed by atoms with E-state index < -0.39 is 11.8 Å². The number of aliphatic hydroxyl groups is 2. The standard InChI is InChI=1S/C39H41N5O8/c1-27(2)39(50)44(51)31-13-11-28(12-14-31)25-36(47)42(21-23-45)30-15-17-32(18-16-30)52-40-38(49)34-9-6-10-35-33(34)19-20-41(35)26-37(48)43(22-24-46)29-7-4-3-5-8-29/h3-20,27,45-46,51H,21-26H2,1-2H3,(H,40,49). The average Bonchev–Trinajstić information content (AvgIpc) is 3.57. The van der Waals surface area contributed by atoms with Gasteiger partial charge in [-0.05, 0) is 72.3 Å². The van der Waals surface area contributed by atoms with Gasteiger partial charge in [-0.2, -0.15) is 10.5 Å². The van der Waals surface area contributed by atoms with Crippen molar-refractivity contribution >= 4 is 51.6 Å². The van der Waals surface area contributed by atoms with Crippen LogP contribution in [0.25, 0.3) is 10.9 Å². The molecule has 0 aliphatic heterocycles. The van der Waals surface area contributed by atoms with Crippen molar-refractivity contribution in [1.29, 1.82) is 0 Å². The molecule has 4 aromatic carbocycles. The number of hydrogen-bond acceptors (Lipinski definition) is 8. The van der Waals surface area contributed by atoms with E-state index in [0.717, 1.165) is 0 Å². The van der Waals surface area contributed by atoms with E-state index in [4.69, 9.17) is 4.84 Å². The van der Waals surface area contributed by atoms with Gasteiger partial charge in [0.2, 0.25) is 11.8 Å². The summed E-state index contributed by atoms with van der Waals surface area (Å²) in [7, 11) is 0. The summed E-state index contributed by atoms with van der Waals surface area (Å²) in [6, 6.07) is 28.8. The zero-order valence-corrected chi connectivity index (χ0v) is 28.9. The molecule has 0 bridgehead atoms. The summed E-state index contributed by atoms with van der Waals surface area (Å²) in [5.74, 6) is -1.55. The highest BCUT2D eigenvalue weighted by molar-refractivity contribution is 6.06. The van der Waals surface area contributed by atoms with E-state index in [1.165, 1.54) is 9.80 Å². The third kappa shape index (κ3) is 8.82. The zero-order valence-electron chi connectivity index (χ0n) is 28.9. The first-order valence-electron chi connectivity index (χ1n) is 16.8. The minimum Gasteiger partial charge on any atom is -0.395 e. The molecule has 13 nitrogen and oxygen atoms in total. The summed E-state index contributed by atoms with van der Waals surface area (Å²) in [5, 5.41) is 30.6. The van der Waals surface area contributed by atoms with Crippen molar-refractivity contribution in [2.75, 3.05) is 41.2 Å². The number of aliphatic hydroxyl groups excluding tert-OH is 2. The van der Waals surface area contributed by atoms with Crippen molar-refractivity contribution in [3.8, 4) is 5.75 Å². The molecule has 0 radical (unpaired) electrons. The first kappa shape index (κ1) is 37.2. The quantitative estimate of drug-likeness (QED) is 0.0923. The molecular formula is C39H41N5O8. The number of nitrogens with zero attached hydrogens (tertiary/aromatic N) is 4. The highest BCUT2D eigenvalue weighted by Gasteiger charge is 2.21. The van der Waals surface area contributed by atoms with E-state index in [1.54, 1.807) is 103 Å². The molecule has 0 unspecified atom stereocenters. The molecule has 13 heteroatoms. The van der Waals surface area contributed by atoms with E-state index in [0.29, 0.717) is 44.2 Å². The van der Waals surface area contributed by atoms with Gasteiger partial charge in [0, 0.05) is 47.5 Å². The van der Waals surface area contributed by atoms with Gasteiger partial charge in [0.15, 0.2) is 5.75 Å². The summed E-state index contributed by atoms with van der Waals surface area (Å²) in [6.07, 6.45) is 1.74. The molecule has 0 aliphatic carbocycles. The lowest BCUT2D eigenvalue weighted by atomic mass is 10.1. The Morgan fingerprint density at radius 1 is 0.731 bits per heavy atom. The Bertz CT molecular complexity index is 2000. The summed E-state index contributed by atoms with van der Waals surface area (Å²) in [5.41, 5.74) is 5.58. The number of para-hydroxylation sites is 1. The number of carbonyl (C=O) groups is 4. The second-order valence-electron chi connectivity index (χ2n) is 12.2. The Hall–Kier alpha value is -6.02. The Morgan fingerprint density at radius 3 is 1.98 bits per heavy atom. The van der Waals surface area contributed by atoms with E-state index in [9.17, 15) is 34.6 Å². The second kappa shape index (κ2) is 17.3. The molecular weight excluding hydrogens is 666 g/mol. The van der Waals surface area contributed by atoms with Gasteiger partial charge in [-0.3, -0.25) is 24.4 Å². The van der Waals surface area contributed by atoms with Crippen LogP contribution < -0.4 is 25.2 Å². The maximum Gasteiger partial charge on any atom is 0.284 e. The minimum absolute atomic E-state index is 0.00252. The maximum absolute atomic E-state index is 13.3. The van der Waals surface area contributed by atoms with Gasteiger partial charge in [-0.1, -0.05) is 50.2 Å². The molecule has 5 aromatic rings. The van der Waals surface area contributed by atoms with Gasteiger partial charge in [0.25, 0.3) is 11.8 Å². The van der Waals surface area contributed by atoms with Crippen LogP contribution in [-0.2, 0) is 27.3 Å². The highest BCUT2D eigenvalue weighted by atomic mass is 16.7. The number of hydroxylamine groups is 2. The van der Waals surface area contributed by atoms with Crippen molar-refractivity contribution in [1.82, 2.24) is 10.0 Å². The summed E-state index contributed by atoms with van der Waals surface area (Å²) in [4.78, 5) is 60.3. The Balaban J connectivity index is 1.21. The van der Waals surface area contributed by atoms with Crippen molar-refractivity contribution in [2.24, 2.45) is 5.92 Å². The van der Waals surface area contributed by atoms with Crippen LogP contribution in [0.4, 0.5) is 17.1 Å². The van der Waals surface area contributed by atoms with Crippen LogP contribution in [-0.4, -0.2) is 69.9 Å².